The number of nitrogens with one attached hydrogen (secondary N) is 2. The zero-order valence-corrected chi connectivity index (χ0v) is 11.6. The van der Waals surface area contributed by atoms with Crippen LogP contribution in [0.15, 0.2) is 24.3 Å². The van der Waals surface area contributed by atoms with Crippen LogP contribution in [0.3, 0.4) is 0 Å². The van der Waals surface area contributed by atoms with E-state index in [1.807, 2.05) is 0 Å². The topological polar surface area (TPSA) is 81.7 Å². The van der Waals surface area contributed by atoms with Crippen molar-refractivity contribution >= 4 is 23.7 Å². The van der Waals surface area contributed by atoms with E-state index >= 15 is 0 Å². The zero-order chi connectivity index (χ0) is 14.5. The first-order valence-corrected chi connectivity index (χ1v) is 6.72. The monoisotopic (exact) mass is 297 g/mol. The number of urea groups is 2. The van der Waals surface area contributed by atoms with E-state index in [1.54, 1.807) is 24.3 Å². The third kappa shape index (κ3) is 3.61. The van der Waals surface area contributed by atoms with E-state index in [1.165, 1.54) is 0 Å². The smallest absolute Gasteiger partial charge is 0.325 e. The second-order valence-electron chi connectivity index (χ2n) is 4.47. The Labute approximate surface area is 121 Å². The highest BCUT2D eigenvalue weighted by Gasteiger charge is 2.25. The van der Waals surface area contributed by atoms with Crippen molar-refractivity contribution in [2.24, 2.45) is 0 Å². The van der Waals surface area contributed by atoms with E-state index in [4.69, 9.17) is 11.6 Å². The van der Waals surface area contributed by atoms with E-state index in [2.05, 4.69) is 10.6 Å². The minimum absolute atomic E-state index is 0.274. The van der Waals surface area contributed by atoms with Gasteiger partial charge in [0.1, 0.15) is 0 Å². The average molecular weight is 298 g/mol. The maximum absolute atomic E-state index is 11.7. The molecule has 1 aliphatic rings. The van der Waals surface area contributed by atoms with Gasteiger partial charge in [0.05, 0.1) is 6.10 Å². The Kier molecular flexibility index (Phi) is 4.81. The van der Waals surface area contributed by atoms with E-state index in [0.717, 1.165) is 4.90 Å². The van der Waals surface area contributed by atoms with Crippen LogP contribution < -0.4 is 10.6 Å². The number of halogens is 1. The van der Waals surface area contributed by atoms with Crippen LogP contribution in [0.5, 0.6) is 0 Å². The van der Waals surface area contributed by atoms with Crippen molar-refractivity contribution in [3.05, 3.63) is 34.9 Å². The predicted molar refractivity (Wildman–Crippen MR) is 74.5 cm³/mol. The number of benzene rings is 1. The summed E-state index contributed by atoms with van der Waals surface area (Å²) in [4.78, 5) is 24.0. The van der Waals surface area contributed by atoms with Crippen molar-refractivity contribution in [2.75, 3.05) is 19.6 Å². The molecule has 0 bridgehead atoms. The Morgan fingerprint density at radius 1 is 1.55 bits per heavy atom. The maximum atomic E-state index is 11.7. The van der Waals surface area contributed by atoms with Gasteiger partial charge in [-0.1, -0.05) is 23.7 Å². The molecule has 1 atom stereocenters. The first kappa shape index (κ1) is 14.6. The van der Waals surface area contributed by atoms with Crippen molar-refractivity contribution in [1.82, 2.24) is 15.5 Å². The van der Waals surface area contributed by atoms with E-state index in [-0.39, 0.29) is 6.54 Å². The third-order valence-corrected chi connectivity index (χ3v) is 3.26. The summed E-state index contributed by atoms with van der Waals surface area (Å²) in [5.74, 6) is 0. The lowest BCUT2D eigenvalue weighted by Gasteiger charge is -2.15. The number of carbonyl (C=O) groups excluding carboxylic acids is 2. The fourth-order valence-corrected chi connectivity index (χ4v) is 2.16. The molecule has 1 saturated heterocycles. The normalized spacial score (nSPS) is 15.9. The lowest BCUT2D eigenvalue weighted by molar-refractivity contribution is 0.164. The lowest BCUT2D eigenvalue weighted by Crippen LogP contribution is -2.42. The summed E-state index contributed by atoms with van der Waals surface area (Å²) in [5, 5.41) is 15.7. The van der Waals surface area contributed by atoms with Crippen molar-refractivity contribution in [2.45, 2.75) is 12.5 Å². The molecule has 0 saturated carbocycles. The quantitative estimate of drug-likeness (QED) is 0.787. The first-order valence-electron chi connectivity index (χ1n) is 6.34. The Balaban J connectivity index is 1.78. The van der Waals surface area contributed by atoms with Crippen molar-refractivity contribution in [3.63, 3.8) is 0 Å². The second-order valence-corrected chi connectivity index (χ2v) is 4.91. The molecular formula is C13H16ClN3O3. The van der Waals surface area contributed by atoms with Gasteiger partial charge in [-0.05, 0) is 24.1 Å². The molecule has 4 amide bonds. The SMILES string of the molecule is O=C(NCCC(O)c1cccc(Cl)c1)N1CCNC1=O. The zero-order valence-electron chi connectivity index (χ0n) is 10.8. The van der Waals surface area contributed by atoms with Crippen LogP contribution in [0.2, 0.25) is 5.02 Å². The minimum atomic E-state index is -0.707. The van der Waals surface area contributed by atoms with Crippen LogP contribution in [0.25, 0.3) is 0 Å². The van der Waals surface area contributed by atoms with Crippen LogP contribution in [0.4, 0.5) is 9.59 Å². The van der Waals surface area contributed by atoms with Crippen LogP contribution in [0, 0.1) is 0 Å². The summed E-state index contributed by atoms with van der Waals surface area (Å²) in [6, 6.07) is 6.10. The van der Waals surface area contributed by atoms with Gasteiger partial charge in [0, 0.05) is 24.7 Å². The third-order valence-electron chi connectivity index (χ3n) is 3.03. The van der Waals surface area contributed by atoms with Gasteiger partial charge in [-0.3, -0.25) is 0 Å². The van der Waals surface area contributed by atoms with Crippen molar-refractivity contribution < 1.29 is 14.7 Å². The Morgan fingerprint density at radius 3 is 3.00 bits per heavy atom. The van der Waals surface area contributed by atoms with Gasteiger partial charge in [0.15, 0.2) is 0 Å². The number of imide groups is 1. The van der Waals surface area contributed by atoms with Crippen LogP contribution in [-0.2, 0) is 0 Å². The van der Waals surface area contributed by atoms with Gasteiger partial charge in [-0.25, -0.2) is 14.5 Å². The highest BCUT2D eigenvalue weighted by molar-refractivity contribution is 6.30. The molecule has 1 heterocycles. The average Bonchev–Trinajstić information content (AvgIpc) is 2.85. The standard InChI is InChI=1S/C13H16ClN3O3/c14-10-3-1-2-9(8-10)11(18)4-5-15-12(19)17-7-6-16-13(17)20/h1-3,8,11,18H,4-7H2,(H,15,19)(H,16,20). The van der Waals surface area contributed by atoms with Crippen LogP contribution in [-0.4, -0.2) is 41.7 Å². The van der Waals surface area contributed by atoms with Crippen LogP contribution >= 0.6 is 11.6 Å². The molecule has 3 N–H and O–H groups in total. The predicted octanol–water partition coefficient (Wildman–Crippen LogP) is 1.50. The van der Waals surface area contributed by atoms with Gasteiger partial charge in [0.2, 0.25) is 0 Å². The summed E-state index contributed by atoms with van der Waals surface area (Å²) < 4.78 is 0. The Hall–Kier alpha value is -1.79. The molecule has 0 aromatic heterocycles. The molecule has 2 rings (SSSR count). The molecule has 6 nitrogen and oxygen atoms in total. The summed E-state index contributed by atoms with van der Waals surface area (Å²) >= 11 is 5.84. The molecule has 0 radical (unpaired) electrons. The molecule has 1 aromatic carbocycles. The number of amides is 4. The molecular weight excluding hydrogens is 282 g/mol. The van der Waals surface area contributed by atoms with Crippen molar-refractivity contribution in [3.8, 4) is 0 Å². The van der Waals surface area contributed by atoms with Gasteiger partial charge in [-0.15, -0.1) is 0 Å². The van der Waals surface area contributed by atoms with E-state index in [0.29, 0.717) is 30.1 Å². The number of aliphatic hydroxyl groups is 1. The summed E-state index contributed by atoms with van der Waals surface area (Å²) in [5.41, 5.74) is 0.700. The second kappa shape index (κ2) is 6.58. The van der Waals surface area contributed by atoms with E-state index < -0.39 is 18.2 Å². The molecule has 20 heavy (non-hydrogen) atoms. The van der Waals surface area contributed by atoms with Crippen LogP contribution in [0.1, 0.15) is 18.1 Å². The summed E-state index contributed by atoms with van der Waals surface area (Å²) in [6.07, 6.45) is -0.358. The van der Waals surface area contributed by atoms with Gasteiger partial charge in [0.25, 0.3) is 0 Å². The highest BCUT2D eigenvalue weighted by atomic mass is 35.5. The number of rotatable bonds is 4. The first-order chi connectivity index (χ1) is 9.58. The number of hydrogen-bond acceptors (Lipinski definition) is 3. The van der Waals surface area contributed by atoms with Gasteiger partial charge in [-0.2, -0.15) is 0 Å². The number of hydrogen-bond donors (Lipinski definition) is 3. The van der Waals surface area contributed by atoms with Gasteiger partial charge >= 0.3 is 12.1 Å². The lowest BCUT2D eigenvalue weighted by atomic mass is 10.1. The number of nitrogens with zero attached hydrogens (tertiary/aromatic N) is 1. The molecule has 108 valence electrons. The molecule has 7 heteroatoms. The van der Waals surface area contributed by atoms with Crippen molar-refractivity contribution in [1.29, 1.82) is 0 Å². The molecule has 0 aliphatic carbocycles. The van der Waals surface area contributed by atoms with E-state index in [9.17, 15) is 14.7 Å². The minimum Gasteiger partial charge on any atom is -0.388 e. The summed E-state index contributed by atoms with van der Waals surface area (Å²) in [6.45, 7) is 1.11. The largest absolute Gasteiger partial charge is 0.388 e. The maximum Gasteiger partial charge on any atom is 0.325 e. The molecule has 0 spiro atoms. The number of aliphatic hydroxyl groups excluding tert-OH is 1. The fourth-order valence-electron chi connectivity index (χ4n) is 1.96. The molecule has 1 aliphatic heterocycles. The fraction of sp³-hybridized carbons (Fsp3) is 0.385. The molecule has 1 fully saturated rings. The number of carbonyl (C=O) groups is 2. The Morgan fingerprint density at radius 2 is 2.35 bits per heavy atom. The molecule has 1 unspecified atom stereocenters. The van der Waals surface area contributed by atoms with Gasteiger partial charge < -0.3 is 15.7 Å². The summed E-state index contributed by atoms with van der Waals surface area (Å²) in [7, 11) is 0. The Bertz CT molecular complexity index is 509. The molecule has 1 aromatic rings. The highest BCUT2D eigenvalue weighted by Crippen LogP contribution is 2.19.